The Morgan fingerprint density at radius 2 is 1.95 bits per heavy atom. The maximum atomic E-state index is 15.0. The molecule has 4 heterocycles. The van der Waals surface area contributed by atoms with Crippen molar-refractivity contribution in [2.75, 3.05) is 36.5 Å². The number of rotatable bonds is 5. The Balaban J connectivity index is 1.30. The highest BCUT2D eigenvalue weighted by Crippen LogP contribution is 2.40. The van der Waals surface area contributed by atoms with Gasteiger partial charge in [0.05, 0.1) is 18.4 Å². The fraction of sp³-hybridized carbons (Fsp3) is 0.357. The molecule has 0 bridgehead atoms. The minimum atomic E-state index is -0.613. The quantitative estimate of drug-likeness (QED) is 0.315. The van der Waals surface area contributed by atoms with Crippen LogP contribution in [0.5, 0.6) is 5.75 Å². The van der Waals surface area contributed by atoms with E-state index in [1.807, 2.05) is 31.3 Å². The minimum absolute atomic E-state index is 0.0401. The number of nitrogens with one attached hydrogen (secondary N) is 2. The fourth-order valence-electron chi connectivity index (χ4n) is 5.18. The number of halogens is 2. The molecule has 0 aliphatic carbocycles. The summed E-state index contributed by atoms with van der Waals surface area (Å²) >= 11 is 1.85. The SMILES string of the molecule is CC(C)N1CCOc2c(F)cc(-c3nc(Nc4ccc5sc(C6CCNCC6)cc5c4)ncc3F)cc21. The number of hydrogen-bond acceptors (Lipinski definition) is 7. The zero-order chi connectivity index (χ0) is 25.5. The van der Waals surface area contributed by atoms with Gasteiger partial charge in [0.15, 0.2) is 17.4 Å². The molecule has 0 amide bonds. The monoisotopic (exact) mass is 521 g/mol. The van der Waals surface area contributed by atoms with E-state index in [2.05, 4.69) is 43.7 Å². The van der Waals surface area contributed by atoms with E-state index in [0.29, 0.717) is 30.3 Å². The second-order valence-electron chi connectivity index (χ2n) is 9.88. The zero-order valence-corrected chi connectivity index (χ0v) is 21.7. The Kier molecular flexibility index (Phi) is 6.42. The average Bonchev–Trinajstić information content (AvgIpc) is 3.33. The van der Waals surface area contributed by atoms with E-state index in [1.54, 1.807) is 6.07 Å². The van der Waals surface area contributed by atoms with E-state index in [0.717, 1.165) is 43.2 Å². The first-order chi connectivity index (χ1) is 18.0. The van der Waals surface area contributed by atoms with Crippen molar-refractivity contribution in [1.82, 2.24) is 15.3 Å². The number of fused-ring (bicyclic) bond motifs is 2. The predicted molar refractivity (Wildman–Crippen MR) is 145 cm³/mol. The van der Waals surface area contributed by atoms with Gasteiger partial charge in [0.2, 0.25) is 5.95 Å². The lowest BCUT2D eigenvalue weighted by molar-refractivity contribution is 0.287. The highest BCUT2D eigenvalue weighted by molar-refractivity contribution is 7.19. The van der Waals surface area contributed by atoms with Crippen molar-refractivity contribution in [2.24, 2.45) is 0 Å². The Morgan fingerprint density at radius 3 is 2.76 bits per heavy atom. The molecule has 0 saturated carbocycles. The summed E-state index contributed by atoms with van der Waals surface area (Å²) in [6.45, 7) is 7.24. The van der Waals surface area contributed by atoms with E-state index in [4.69, 9.17) is 4.74 Å². The van der Waals surface area contributed by atoms with E-state index >= 15 is 0 Å². The molecule has 2 N–H and O–H groups in total. The summed E-state index contributed by atoms with van der Waals surface area (Å²) in [5.74, 6) is -0.0911. The molecule has 0 atom stereocenters. The van der Waals surface area contributed by atoms with E-state index in [-0.39, 0.29) is 23.4 Å². The minimum Gasteiger partial charge on any atom is -0.486 e. The second kappa shape index (κ2) is 9.87. The summed E-state index contributed by atoms with van der Waals surface area (Å²) in [7, 11) is 0. The van der Waals surface area contributed by atoms with Crippen molar-refractivity contribution in [3.8, 4) is 17.0 Å². The molecule has 6 rings (SSSR count). The molecule has 1 fully saturated rings. The van der Waals surface area contributed by atoms with E-state index < -0.39 is 11.6 Å². The first-order valence-corrected chi connectivity index (χ1v) is 13.5. The van der Waals surface area contributed by atoms with Crippen molar-refractivity contribution < 1.29 is 13.5 Å². The van der Waals surface area contributed by atoms with Gasteiger partial charge in [-0.25, -0.2) is 18.7 Å². The Morgan fingerprint density at radius 1 is 1.11 bits per heavy atom. The van der Waals surface area contributed by atoms with Crippen LogP contribution in [-0.2, 0) is 0 Å². The van der Waals surface area contributed by atoms with Crippen molar-refractivity contribution in [2.45, 2.75) is 38.6 Å². The largest absolute Gasteiger partial charge is 0.486 e. The van der Waals surface area contributed by atoms with Crippen LogP contribution in [0.3, 0.4) is 0 Å². The van der Waals surface area contributed by atoms with Gasteiger partial charge in [-0.15, -0.1) is 11.3 Å². The van der Waals surface area contributed by atoms with Crippen molar-refractivity contribution in [3.63, 3.8) is 0 Å². The van der Waals surface area contributed by atoms with Crippen LogP contribution in [0.25, 0.3) is 21.3 Å². The lowest BCUT2D eigenvalue weighted by Gasteiger charge is -2.34. The van der Waals surface area contributed by atoms with Gasteiger partial charge in [0, 0.05) is 26.9 Å². The molecule has 2 aliphatic rings. The van der Waals surface area contributed by atoms with Crippen molar-refractivity contribution in [1.29, 1.82) is 0 Å². The summed E-state index contributed by atoms with van der Waals surface area (Å²) in [5, 5.41) is 7.79. The van der Waals surface area contributed by atoms with Gasteiger partial charge in [-0.2, -0.15) is 0 Å². The third kappa shape index (κ3) is 4.73. The van der Waals surface area contributed by atoms with Gasteiger partial charge >= 0.3 is 0 Å². The molecule has 4 aromatic rings. The van der Waals surface area contributed by atoms with Crippen molar-refractivity contribution >= 4 is 38.7 Å². The number of anilines is 3. The second-order valence-corrected chi connectivity index (χ2v) is 11.0. The normalized spacial score (nSPS) is 16.2. The summed E-state index contributed by atoms with van der Waals surface area (Å²) in [4.78, 5) is 12.0. The summed E-state index contributed by atoms with van der Waals surface area (Å²) in [5.41, 5.74) is 1.81. The van der Waals surface area contributed by atoms with Crippen LogP contribution < -0.4 is 20.3 Å². The molecule has 9 heteroatoms. The molecule has 37 heavy (non-hydrogen) atoms. The number of benzene rings is 2. The standard InChI is InChI=1S/C28H29F2N5OS/c1-16(2)35-9-10-36-27-21(29)12-19(13-23(27)35)26-22(30)15-32-28(34-26)33-20-3-4-24-18(11-20)14-25(37-24)17-5-7-31-8-6-17/h3-4,11-17,31H,5-10H2,1-2H3,(H,32,33,34). The maximum absolute atomic E-state index is 15.0. The molecule has 2 aromatic heterocycles. The molecule has 0 spiro atoms. The van der Waals surface area contributed by atoms with Crippen LogP contribution in [0.4, 0.5) is 26.1 Å². The fourth-order valence-corrected chi connectivity index (χ4v) is 6.40. The molecular weight excluding hydrogens is 492 g/mol. The number of aromatic nitrogens is 2. The van der Waals surface area contributed by atoms with Gasteiger partial charge < -0.3 is 20.3 Å². The summed E-state index contributed by atoms with van der Waals surface area (Å²) in [6, 6.07) is 11.6. The van der Waals surface area contributed by atoms with Crippen LogP contribution in [0.15, 0.2) is 42.6 Å². The molecule has 0 radical (unpaired) electrons. The molecule has 192 valence electrons. The predicted octanol–water partition coefficient (Wildman–Crippen LogP) is 6.45. The number of thiophene rings is 1. The topological polar surface area (TPSA) is 62.3 Å². The highest BCUT2D eigenvalue weighted by atomic mass is 32.1. The van der Waals surface area contributed by atoms with Gasteiger partial charge in [-0.05, 0) is 87.5 Å². The number of ether oxygens (including phenoxy) is 1. The molecular formula is C28H29F2N5OS. The number of nitrogens with zero attached hydrogens (tertiary/aromatic N) is 3. The summed E-state index contributed by atoms with van der Waals surface area (Å²) < 4.78 is 36.7. The van der Waals surface area contributed by atoms with Crippen LogP contribution in [0.1, 0.15) is 37.5 Å². The number of hydrogen-bond donors (Lipinski definition) is 2. The van der Waals surface area contributed by atoms with Gasteiger partial charge in [-0.1, -0.05) is 0 Å². The average molecular weight is 522 g/mol. The molecule has 0 unspecified atom stereocenters. The molecule has 6 nitrogen and oxygen atoms in total. The van der Waals surface area contributed by atoms with Gasteiger partial charge in [0.1, 0.15) is 12.3 Å². The zero-order valence-electron chi connectivity index (χ0n) is 20.9. The first-order valence-electron chi connectivity index (χ1n) is 12.7. The lowest BCUT2D eigenvalue weighted by atomic mass is 9.96. The molecule has 2 aliphatic heterocycles. The van der Waals surface area contributed by atoms with Gasteiger partial charge in [0.25, 0.3) is 0 Å². The van der Waals surface area contributed by atoms with E-state index in [1.165, 1.54) is 15.6 Å². The van der Waals surface area contributed by atoms with E-state index in [9.17, 15) is 8.78 Å². The van der Waals surface area contributed by atoms with Crippen LogP contribution >= 0.6 is 11.3 Å². The highest BCUT2D eigenvalue weighted by Gasteiger charge is 2.26. The lowest BCUT2D eigenvalue weighted by Crippen LogP contribution is -2.38. The van der Waals surface area contributed by atoms with Crippen LogP contribution in [0.2, 0.25) is 0 Å². The van der Waals surface area contributed by atoms with Crippen molar-refractivity contribution in [3.05, 3.63) is 59.1 Å². The third-order valence-corrected chi connectivity index (χ3v) is 8.36. The maximum Gasteiger partial charge on any atom is 0.227 e. The molecule has 1 saturated heterocycles. The van der Waals surface area contributed by atoms with Crippen LogP contribution in [-0.4, -0.2) is 42.3 Å². The Bertz CT molecular complexity index is 1450. The third-order valence-electron chi connectivity index (χ3n) is 7.09. The Labute approximate surface area is 218 Å². The first kappa shape index (κ1) is 24.1. The molecule has 2 aromatic carbocycles. The van der Waals surface area contributed by atoms with Crippen LogP contribution in [0, 0.1) is 11.6 Å². The summed E-state index contributed by atoms with van der Waals surface area (Å²) in [6.07, 6.45) is 3.44. The Hall–Kier alpha value is -3.30. The van der Waals surface area contributed by atoms with Gasteiger partial charge in [-0.3, -0.25) is 0 Å². The smallest absolute Gasteiger partial charge is 0.227 e. The number of piperidine rings is 1.